The van der Waals surface area contributed by atoms with E-state index in [-0.39, 0.29) is 0 Å². The Bertz CT molecular complexity index is 564. The quantitative estimate of drug-likeness (QED) is 0.892. The number of halogens is 1. The van der Waals surface area contributed by atoms with Crippen LogP contribution in [-0.2, 0) is 0 Å². The summed E-state index contributed by atoms with van der Waals surface area (Å²) in [5.74, 6) is 1.45. The van der Waals surface area contributed by atoms with Crippen molar-refractivity contribution in [2.75, 3.05) is 12.8 Å². The number of benzene rings is 1. The van der Waals surface area contributed by atoms with Gasteiger partial charge in [-0.25, -0.2) is 0 Å². The molecule has 0 saturated heterocycles. The van der Waals surface area contributed by atoms with Gasteiger partial charge >= 0.3 is 0 Å². The predicted molar refractivity (Wildman–Crippen MR) is 67.4 cm³/mol. The Morgan fingerprint density at radius 1 is 1.35 bits per heavy atom. The minimum absolute atomic E-state index is 0.330. The normalized spacial score (nSPS) is 10.6. The Morgan fingerprint density at radius 3 is 2.59 bits per heavy atom. The molecule has 0 saturated carbocycles. The van der Waals surface area contributed by atoms with E-state index in [0.717, 1.165) is 16.7 Å². The van der Waals surface area contributed by atoms with Crippen molar-refractivity contribution in [1.82, 2.24) is 5.16 Å². The van der Waals surface area contributed by atoms with E-state index in [2.05, 4.69) is 5.16 Å². The van der Waals surface area contributed by atoms with Crippen LogP contribution in [0.5, 0.6) is 5.75 Å². The van der Waals surface area contributed by atoms with Crippen LogP contribution in [0.4, 0.5) is 5.82 Å². The van der Waals surface area contributed by atoms with Crippen LogP contribution in [-0.4, -0.2) is 12.3 Å². The molecule has 2 aromatic rings. The van der Waals surface area contributed by atoms with Crippen LogP contribution in [0.3, 0.4) is 0 Å². The van der Waals surface area contributed by atoms with Gasteiger partial charge in [-0.2, -0.15) is 0 Å². The van der Waals surface area contributed by atoms with Crippen LogP contribution in [0.25, 0.3) is 11.3 Å². The zero-order valence-corrected chi connectivity index (χ0v) is 10.6. The summed E-state index contributed by atoms with van der Waals surface area (Å²) in [5, 5.41) is 4.24. The van der Waals surface area contributed by atoms with Gasteiger partial charge in [-0.3, -0.25) is 0 Å². The zero-order chi connectivity index (χ0) is 12.6. The molecule has 0 bridgehead atoms. The maximum absolute atomic E-state index is 6.24. The highest BCUT2D eigenvalue weighted by Gasteiger charge is 2.17. The van der Waals surface area contributed by atoms with Crippen molar-refractivity contribution in [1.29, 1.82) is 0 Å². The molecule has 17 heavy (non-hydrogen) atoms. The summed E-state index contributed by atoms with van der Waals surface area (Å²) in [6.07, 6.45) is 0. The SMILES string of the molecule is COc1c(-c2cc(N)no2)cc(C)c(C)c1Cl. The molecule has 0 radical (unpaired) electrons. The first-order chi connectivity index (χ1) is 8.04. The highest BCUT2D eigenvalue weighted by Crippen LogP contribution is 2.40. The molecule has 0 spiro atoms. The standard InChI is InChI=1S/C12H13ClN2O2/c1-6-4-8(9-5-10(14)15-17-9)12(16-3)11(13)7(6)2/h4-5H,1-3H3,(H2,14,15). The predicted octanol–water partition coefficient (Wildman–Crippen LogP) is 3.20. The number of nitrogens with zero attached hydrogens (tertiary/aromatic N) is 1. The van der Waals surface area contributed by atoms with Crippen molar-refractivity contribution in [3.63, 3.8) is 0 Å². The Kier molecular flexibility index (Phi) is 2.98. The third-order valence-corrected chi connectivity index (χ3v) is 3.18. The molecule has 1 heterocycles. The van der Waals surface area contributed by atoms with Crippen LogP contribution in [0, 0.1) is 13.8 Å². The summed E-state index contributed by atoms with van der Waals surface area (Å²) in [6, 6.07) is 3.59. The lowest BCUT2D eigenvalue weighted by Gasteiger charge is -2.12. The van der Waals surface area contributed by atoms with Crippen molar-refractivity contribution < 1.29 is 9.26 Å². The minimum Gasteiger partial charge on any atom is -0.494 e. The van der Waals surface area contributed by atoms with Gasteiger partial charge in [-0.15, -0.1) is 0 Å². The molecule has 0 amide bonds. The number of anilines is 1. The second-order valence-corrected chi connectivity index (χ2v) is 4.21. The first-order valence-corrected chi connectivity index (χ1v) is 5.48. The number of methoxy groups -OCH3 is 1. The number of nitrogen functional groups attached to an aromatic ring is 1. The summed E-state index contributed by atoms with van der Waals surface area (Å²) in [5.41, 5.74) is 8.33. The van der Waals surface area contributed by atoms with Gasteiger partial charge in [0.1, 0.15) is 5.75 Å². The molecule has 0 fully saturated rings. The fourth-order valence-electron chi connectivity index (χ4n) is 1.65. The lowest BCUT2D eigenvalue weighted by Crippen LogP contribution is -1.93. The third kappa shape index (κ3) is 1.96. The number of hydrogen-bond donors (Lipinski definition) is 1. The molecule has 1 aromatic carbocycles. The van der Waals surface area contributed by atoms with Crippen molar-refractivity contribution in [3.05, 3.63) is 28.3 Å². The van der Waals surface area contributed by atoms with Gasteiger partial charge < -0.3 is 15.0 Å². The van der Waals surface area contributed by atoms with Crippen LogP contribution < -0.4 is 10.5 Å². The lowest BCUT2D eigenvalue weighted by molar-refractivity contribution is 0.407. The molecule has 0 atom stereocenters. The monoisotopic (exact) mass is 252 g/mol. The van der Waals surface area contributed by atoms with Crippen molar-refractivity contribution in [2.45, 2.75) is 13.8 Å². The number of aryl methyl sites for hydroxylation is 1. The molecule has 4 nitrogen and oxygen atoms in total. The van der Waals surface area contributed by atoms with Crippen LogP contribution in [0.2, 0.25) is 5.02 Å². The molecule has 0 aliphatic rings. The van der Waals surface area contributed by atoms with E-state index >= 15 is 0 Å². The summed E-state index contributed by atoms with van der Waals surface area (Å²) in [7, 11) is 1.57. The first kappa shape index (κ1) is 11.8. The number of rotatable bonds is 2. The molecular formula is C12H13ClN2O2. The van der Waals surface area contributed by atoms with Gasteiger partial charge in [-0.05, 0) is 31.0 Å². The molecular weight excluding hydrogens is 240 g/mol. The molecule has 90 valence electrons. The number of nitrogens with two attached hydrogens (primary N) is 1. The Labute approximate surface area is 104 Å². The average Bonchev–Trinajstić information content (AvgIpc) is 2.72. The molecule has 1 aromatic heterocycles. The zero-order valence-electron chi connectivity index (χ0n) is 9.87. The van der Waals surface area contributed by atoms with E-state index in [1.54, 1.807) is 13.2 Å². The van der Waals surface area contributed by atoms with Gasteiger partial charge in [0.15, 0.2) is 11.6 Å². The number of hydrogen-bond acceptors (Lipinski definition) is 4. The van der Waals surface area contributed by atoms with E-state index in [4.69, 9.17) is 26.6 Å². The van der Waals surface area contributed by atoms with Gasteiger partial charge in [0.25, 0.3) is 0 Å². The minimum atomic E-state index is 0.330. The fraction of sp³-hybridized carbons (Fsp3) is 0.250. The molecule has 0 aliphatic heterocycles. The largest absolute Gasteiger partial charge is 0.494 e. The fourth-order valence-corrected chi connectivity index (χ4v) is 1.98. The van der Waals surface area contributed by atoms with E-state index in [9.17, 15) is 0 Å². The molecule has 2 N–H and O–H groups in total. The maximum Gasteiger partial charge on any atom is 0.172 e. The van der Waals surface area contributed by atoms with Gasteiger partial charge in [-0.1, -0.05) is 16.8 Å². The second kappa shape index (κ2) is 4.30. The Hall–Kier alpha value is -1.68. The smallest absolute Gasteiger partial charge is 0.172 e. The van der Waals surface area contributed by atoms with Crippen LogP contribution >= 0.6 is 11.6 Å². The molecule has 5 heteroatoms. The molecule has 0 aliphatic carbocycles. The van der Waals surface area contributed by atoms with E-state index in [0.29, 0.717) is 22.4 Å². The molecule has 0 unspecified atom stereocenters. The number of ether oxygens (including phenoxy) is 1. The summed E-state index contributed by atoms with van der Waals surface area (Å²) in [6.45, 7) is 3.92. The summed E-state index contributed by atoms with van der Waals surface area (Å²) >= 11 is 6.24. The van der Waals surface area contributed by atoms with E-state index < -0.39 is 0 Å². The number of aromatic nitrogens is 1. The van der Waals surface area contributed by atoms with Gasteiger partial charge in [0.2, 0.25) is 0 Å². The highest BCUT2D eigenvalue weighted by molar-refractivity contribution is 6.33. The second-order valence-electron chi connectivity index (χ2n) is 3.83. The third-order valence-electron chi connectivity index (χ3n) is 2.72. The van der Waals surface area contributed by atoms with Gasteiger partial charge in [0.05, 0.1) is 17.7 Å². The van der Waals surface area contributed by atoms with Gasteiger partial charge in [0, 0.05) is 6.07 Å². The first-order valence-electron chi connectivity index (χ1n) is 5.11. The highest BCUT2D eigenvalue weighted by atomic mass is 35.5. The molecule has 2 rings (SSSR count). The average molecular weight is 253 g/mol. The summed E-state index contributed by atoms with van der Waals surface area (Å²) in [4.78, 5) is 0. The van der Waals surface area contributed by atoms with Crippen molar-refractivity contribution >= 4 is 17.4 Å². The maximum atomic E-state index is 6.24. The van der Waals surface area contributed by atoms with Crippen LogP contribution in [0.15, 0.2) is 16.7 Å². The summed E-state index contributed by atoms with van der Waals surface area (Å²) < 4.78 is 10.4. The van der Waals surface area contributed by atoms with E-state index in [1.165, 1.54) is 0 Å². The van der Waals surface area contributed by atoms with Crippen LogP contribution in [0.1, 0.15) is 11.1 Å². The van der Waals surface area contributed by atoms with Crippen molar-refractivity contribution in [3.8, 4) is 17.1 Å². The van der Waals surface area contributed by atoms with E-state index in [1.807, 2.05) is 19.9 Å². The van der Waals surface area contributed by atoms with Crippen molar-refractivity contribution in [2.24, 2.45) is 0 Å². The lowest BCUT2D eigenvalue weighted by atomic mass is 10.0. The Balaban J connectivity index is 2.69. The topological polar surface area (TPSA) is 61.3 Å². The Morgan fingerprint density at radius 2 is 2.06 bits per heavy atom.